The molecular formula is C23H28N2O5. The number of nitrogens with one attached hydrogen (secondary N) is 1. The summed E-state index contributed by atoms with van der Waals surface area (Å²) >= 11 is 0. The van der Waals surface area contributed by atoms with Gasteiger partial charge in [-0.2, -0.15) is 0 Å². The molecule has 0 bridgehead atoms. The van der Waals surface area contributed by atoms with Gasteiger partial charge in [-0.05, 0) is 44.2 Å². The molecule has 0 heterocycles. The van der Waals surface area contributed by atoms with Crippen LogP contribution in [0.3, 0.4) is 0 Å². The molecule has 0 aromatic heterocycles. The lowest BCUT2D eigenvalue weighted by molar-refractivity contribution is -0.127. The molecule has 0 fully saturated rings. The molecule has 0 aliphatic heterocycles. The summed E-state index contributed by atoms with van der Waals surface area (Å²) in [5, 5.41) is 2.75. The molecule has 0 atom stereocenters. The summed E-state index contributed by atoms with van der Waals surface area (Å²) in [6.07, 6.45) is 1.59. The number of benzene rings is 2. The van der Waals surface area contributed by atoms with Crippen LogP contribution in [0.1, 0.15) is 29.8 Å². The SMILES string of the molecule is CCN(CC)C(=O)C(=Cc1ccc(OC)c(OC)c1OC)NC(=O)c1ccccc1. The third-order valence-electron chi connectivity index (χ3n) is 4.60. The predicted molar refractivity (Wildman–Crippen MR) is 116 cm³/mol. The minimum absolute atomic E-state index is 0.137. The van der Waals surface area contributed by atoms with Crippen molar-refractivity contribution >= 4 is 17.9 Å². The highest BCUT2D eigenvalue weighted by atomic mass is 16.5. The lowest BCUT2D eigenvalue weighted by atomic mass is 10.1. The van der Waals surface area contributed by atoms with E-state index in [-0.39, 0.29) is 17.5 Å². The normalized spacial score (nSPS) is 10.9. The molecule has 0 radical (unpaired) electrons. The zero-order valence-electron chi connectivity index (χ0n) is 18.0. The smallest absolute Gasteiger partial charge is 0.270 e. The molecule has 160 valence electrons. The van der Waals surface area contributed by atoms with Crippen molar-refractivity contribution in [3.05, 3.63) is 59.3 Å². The van der Waals surface area contributed by atoms with Crippen LogP contribution in [0.2, 0.25) is 0 Å². The van der Waals surface area contributed by atoms with Crippen LogP contribution in [-0.4, -0.2) is 51.1 Å². The summed E-state index contributed by atoms with van der Waals surface area (Å²) in [5.74, 6) is 0.632. The zero-order chi connectivity index (χ0) is 22.1. The van der Waals surface area contributed by atoms with E-state index in [1.807, 2.05) is 19.9 Å². The Labute approximate surface area is 177 Å². The van der Waals surface area contributed by atoms with E-state index in [0.29, 0.717) is 41.5 Å². The molecule has 2 aromatic carbocycles. The van der Waals surface area contributed by atoms with Gasteiger partial charge in [-0.25, -0.2) is 0 Å². The molecule has 0 unspecified atom stereocenters. The van der Waals surface area contributed by atoms with Crippen molar-refractivity contribution in [2.75, 3.05) is 34.4 Å². The van der Waals surface area contributed by atoms with Crippen LogP contribution in [0.25, 0.3) is 6.08 Å². The van der Waals surface area contributed by atoms with Gasteiger partial charge in [0.05, 0.1) is 21.3 Å². The molecule has 0 saturated heterocycles. The monoisotopic (exact) mass is 412 g/mol. The lowest BCUT2D eigenvalue weighted by Gasteiger charge is -2.21. The van der Waals surface area contributed by atoms with Crippen LogP contribution in [0.15, 0.2) is 48.2 Å². The van der Waals surface area contributed by atoms with Crippen LogP contribution in [0, 0.1) is 0 Å². The van der Waals surface area contributed by atoms with E-state index in [0.717, 1.165) is 0 Å². The summed E-state index contributed by atoms with van der Waals surface area (Å²) in [6.45, 7) is 4.79. The standard InChI is InChI=1S/C23H28N2O5/c1-6-25(7-2)23(27)18(24-22(26)16-11-9-8-10-12-16)15-17-13-14-19(28-3)21(30-5)20(17)29-4/h8-15H,6-7H2,1-5H3,(H,24,26). The van der Waals surface area contributed by atoms with E-state index < -0.39 is 0 Å². The van der Waals surface area contributed by atoms with E-state index in [4.69, 9.17) is 14.2 Å². The van der Waals surface area contributed by atoms with Gasteiger partial charge in [0.1, 0.15) is 5.70 Å². The molecule has 0 spiro atoms. The van der Waals surface area contributed by atoms with E-state index in [9.17, 15) is 9.59 Å². The molecule has 2 rings (SSSR count). The number of hydrogen-bond acceptors (Lipinski definition) is 5. The molecule has 0 aliphatic rings. The number of methoxy groups -OCH3 is 3. The third kappa shape index (κ3) is 5.11. The average Bonchev–Trinajstić information content (AvgIpc) is 2.79. The molecule has 1 N–H and O–H groups in total. The maximum Gasteiger partial charge on any atom is 0.270 e. The minimum atomic E-state index is -0.373. The van der Waals surface area contributed by atoms with Gasteiger partial charge in [0.25, 0.3) is 11.8 Å². The van der Waals surface area contributed by atoms with Crippen molar-refractivity contribution in [3.63, 3.8) is 0 Å². The lowest BCUT2D eigenvalue weighted by Crippen LogP contribution is -2.38. The van der Waals surface area contributed by atoms with Gasteiger partial charge in [-0.1, -0.05) is 18.2 Å². The average molecular weight is 412 g/mol. The second kappa shape index (κ2) is 10.9. The van der Waals surface area contributed by atoms with Crippen molar-refractivity contribution in [3.8, 4) is 17.2 Å². The number of rotatable bonds is 9. The highest BCUT2D eigenvalue weighted by molar-refractivity contribution is 6.05. The van der Waals surface area contributed by atoms with E-state index in [2.05, 4.69) is 5.32 Å². The predicted octanol–water partition coefficient (Wildman–Crippen LogP) is 3.35. The third-order valence-corrected chi connectivity index (χ3v) is 4.60. The summed E-state index contributed by atoms with van der Waals surface area (Å²) in [7, 11) is 4.54. The van der Waals surface area contributed by atoms with Crippen LogP contribution in [-0.2, 0) is 4.79 Å². The van der Waals surface area contributed by atoms with Gasteiger partial charge in [0.2, 0.25) is 5.75 Å². The Morgan fingerprint density at radius 1 is 0.900 bits per heavy atom. The molecule has 7 heteroatoms. The number of ether oxygens (including phenoxy) is 3. The topological polar surface area (TPSA) is 77.1 Å². The van der Waals surface area contributed by atoms with Crippen LogP contribution in [0.4, 0.5) is 0 Å². The molecule has 2 aromatic rings. The minimum Gasteiger partial charge on any atom is -0.493 e. The number of carbonyl (C=O) groups excluding carboxylic acids is 2. The first kappa shape index (κ1) is 22.8. The van der Waals surface area contributed by atoms with Crippen molar-refractivity contribution < 1.29 is 23.8 Å². The number of nitrogens with zero attached hydrogens (tertiary/aromatic N) is 1. The summed E-state index contributed by atoms with van der Waals surface area (Å²) in [6, 6.07) is 12.2. The largest absolute Gasteiger partial charge is 0.493 e. The van der Waals surface area contributed by atoms with Gasteiger partial charge in [0, 0.05) is 24.2 Å². The fourth-order valence-corrected chi connectivity index (χ4v) is 3.01. The second-order valence-corrected chi connectivity index (χ2v) is 6.28. The number of likely N-dealkylation sites (N-methyl/N-ethyl adjacent to an activating group) is 1. The quantitative estimate of drug-likeness (QED) is 0.639. The van der Waals surface area contributed by atoms with Crippen molar-refractivity contribution in [1.82, 2.24) is 10.2 Å². The van der Waals surface area contributed by atoms with Gasteiger partial charge in [-0.15, -0.1) is 0 Å². The molecule has 30 heavy (non-hydrogen) atoms. The first-order valence-electron chi connectivity index (χ1n) is 9.66. The van der Waals surface area contributed by atoms with E-state index >= 15 is 0 Å². The fourth-order valence-electron chi connectivity index (χ4n) is 3.01. The van der Waals surface area contributed by atoms with Gasteiger partial charge in [0.15, 0.2) is 11.5 Å². The first-order valence-corrected chi connectivity index (χ1v) is 9.66. The van der Waals surface area contributed by atoms with Crippen LogP contribution >= 0.6 is 0 Å². The first-order chi connectivity index (χ1) is 14.5. The number of carbonyl (C=O) groups is 2. The highest BCUT2D eigenvalue weighted by Gasteiger charge is 2.21. The Hall–Kier alpha value is -3.48. The van der Waals surface area contributed by atoms with Crippen LogP contribution in [0.5, 0.6) is 17.2 Å². The van der Waals surface area contributed by atoms with Gasteiger partial charge in [-0.3, -0.25) is 9.59 Å². The Bertz CT molecular complexity index is 905. The second-order valence-electron chi connectivity index (χ2n) is 6.28. The summed E-state index contributed by atoms with van der Waals surface area (Å²) in [5.41, 5.74) is 1.16. The summed E-state index contributed by atoms with van der Waals surface area (Å²) in [4.78, 5) is 27.5. The Morgan fingerprint density at radius 3 is 2.07 bits per heavy atom. The van der Waals surface area contributed by atoms with Crippen molar-refractivity contribution in [2.45, 2.75) is 13.8 Å². The number of amides is 2. The molecular weight excluding hydrogens is 384 g/mol. The highest BCUT2D eigenvalue weighted by Crippen LogP contribution is 2.40. The maximum absolute atomic E-state index is 13.1. The zero-order valence-corrected chi connectivity index (χ0v) is 18.0. The summed E-state index contributed by atoms with van der Waals surface area (Å²) < 4.78 is 16.2. The molecule has 2 amide bonds. The van der Waals surface area contributed by atoms with E-state index in [1.54, 1.807) is 47.4 Å². The maximum atomic E-state index is 13.1. The van der Waals surface area contributed by atoms with Crippen LogP contribution < -0.4 is 19.5 Å². The Balaban J connectivity index is 2.55. The Kier molecular flexibility index (Phi) is 8.29. The number of hydrogen-bond donors (Lipinski definition) is 1. The van der Waals surface area contributed by atoms with E-state index in [1.165, 1.54) is 21.3 Å². The Morgan fingerprint density at radius 2 is 1.53 bits per heavy atom. The van der Waals surface area contributed by atoms with Crippen molar-refractivity contribution in [1.29, 1.82) is 0 Å². The molecule has 0 aliphatic carbocycles. The molecule has 0 saturated carbocycles. The fraction of sp³-hybridized carbons (Fsp3) is 0.304. The van der Waals surface area contributed by atoms with Gasteiger partial charge < -0.3 is 24.4 Å². The van der Waals surface area contributed by atoms with Crippen molar-refractivity contribution in [2.24, 2.45) is 0 Å². The van der Waals surface area contributed by atoms with Gasteiger partial charge >= 0.3 is 0 Å². The molecule has 7 nitrogen and oxygen atoms in total.